The molecule has 3 aromatic rings. The van der Waals surface area contributed by atoms with Crippen LogP contribution < -0.4 is 14.4 Å². The number of hydrogen-bond acceptors (Lipinski definition) is 6. The number of benzene rings is 3. The average molecular weight is 494 g/mol. The van der Waals surface area contributed by atoms with Crippen LogP contribution in [0.2, 0.25) is 0 Å². The number of halogens is 1. The molecule has 0 spiro atoms. The summed E-state index contributed by atoms with van der Waals surface area (Å²) in [5.74, 6) is -1.99. The first-order valence-electron chi connectivity index (χ1n) is 11.9. The Labute approximate surface area is 208 Å². The molecule has 1 aliphatic rings. The van der Waals surface area contributed by atoms with Crippen molar-refractivity contribution in [2.24, 2.45) is 0 Å². The van der Waals surface area contributed by atoms with E-state index >= 15 is 0 Å². The van der Waals surface area contributed by atoms with Gasteiger partial charge in [0, 0.05) is 10.8 Å². The van der Waals surface area contributed by atoms with E-state index in [4.69, 9.17) is 14.2 Å². The number of fused-ring (bicyclic) bond motifs is 2. The van der Waals surface area contributed by atoms with Gasteiger partial charge in [0.15, 0.2) is 0 Å². The Morgan fingerprint density at radius 2 is 1.42 bits per heavy atom. The number of anilines is 1. The first-order chi connectivity index (χ1) is 17.1. The molecule has 2 amide bonds. The molecule has 8 heteroatoms. The van der Waals surface area contributed by atoms with Gasteiger partial charge in [0.25, 0.3) is 11.8 Å². The van der Waals surface area contributed by atoms with E-state index in [1.807, 2.05) is 52.0 Å². The summed E-state index contributed by atoms with van der Waals surface area (Å²) in [5, 5.41) is 1.28. The number of rotatable bonds is 8. The van der Waals surface area contributed by atoms with Crippen LogP contribution in [0.1, 0.15) is 60.9 Å². The highest BCUT2D eigenvalue weighted by Crippen LogP contribution is 2.46. The van der Waals surface area contributed by atoms with E-state index in [0.29, 0.717) is 10.8 Å². The molecule has 0 fully saturated rings. The van der Waals surface area contributed by atoms with Gasteiger partial charge in [-0.05, 0) is 52.3 Å². The minimum atomic E-state index is -0.723. The third-order valence-corrected chi connectivity index (χ3v) is 5.60. The third kappa shape index (κ3) is 4.51. The Balaban J connectivity index is 1.87. The Bertz CT molecular complexity index is 1300. The zero-order chi connectivity index (χ0) is 26.1. The van der Waals surface area contributed by atoms with Crippen LogP contribution in [-0.4, -0.2) is 36.6 Å². The van der Waals surface area contributed by atoms with Crippen LogP contribution in [0.5, 0.6) is 11.5 Å². The van der Waals surface area contributed by atoms with E-state index in [1.54, 1.807) is 6.92 Å². The third-order valence-electron chi connectivity index (χ3n) is 5.60. The molecule has 1 aliphatic heterocycles. The summed E-state index contributed by atoms with van der Waals surface area (Å²) in [4.78, 5) is 40.2. The topological polar surface area (TPSA) is 82.1 Å². The monoisotopic (exact) mass is 493 g/mol. The van der Waals surface area contributed by atoms with Crippen LogP contribution in [0.4, 0.5) is 10.1 Å². The Morgan fingerprint density at radius 1 is 0.889 bits per heavy atom. The molecule has 0 radical (unpaired) electrons. The van der Waals surface area contributed by atoms with E-state index in [1.165, 1.54) is 12.1 Å². The highest BCUT2D eigenvalue weighted by molar-refractivity contribution is 6.38. The van der Waals surface area contributed by atoms with Crippen LogP contribution in [0.15, 0.2) is 42.5 Å². The summed E-state index contributed by atoms with van der Waals surface area (Å²) in [6, 6.07) is 11.1. The molecule has 0 N–H and O–H groups in total. The highest BCUT2D eigenvalue weighted by Gasteiger charge is 2.44. The fourth-order valence-electron chi connectivity index (χ4n) is 4.24. The molecule has 3 aromatic carbocycles. The lowest BCUT2D eigenvalue weighted by molar-refractivity contribution is -0.142. The van der Waals surface area contributed by atoms with E-state index < -0.39 is 23.6 Å². The number of ether oxygens (including phenoxy) is 3. The SMILES string of the molecule is CCOC(=O)Cc1ccc(N2C(=O)c3c(c(OC(C)C)c4ccccc4c3OC(C)C)C2=O)cc1F. The van der Waals surface area contributed by atoms with Gasteiger partial charge in [-0.1, -0.05) is 30.3 Å². The quantitative estimate of drug-likeness (QED) is 0.306. The van der Waals surface area contributed by atoms with Crippen molar-refractivity contribution in [2.75, 3.05) is 11.5 Å². The van der Waals surface area contributed by atoms with Crippen molar-refractivity contribution in [3.63, 3.8) is 0 Å². The number of amides is 2. The van der Waals surface area contributed by atoms with Gasteiger partial charge in [-0.15, -0.1) is 0 Å². The van der Waals surface area contributed by atoms with Crippen molar-refractivity contribution < 1.29 is 33.0 Å². The predicted octanol–water partition coefficient (Wildman–Crippen LogP) is 5.46. The van der Waals surface area contributed by atoms with Gasteiger partial charge in [0.05, 0.1) is 42.0 Å². The number of carbonyl (C=O) groups is 3. The lowest BCUT2D eigenvalue weighted by atomic mass is 9.98. The van der Waals surface area contributed by atoms with Crippen LogP contribution in [0.25, 0.3) is 10.8 Å². The second-order valence-electron chi connectivity index (χ2n) is 8.99. The van der Waals surface area contributed by atoms with Gasteiger partial charge in [0.1, 0.15) is 17.3 Å². The molecular formula is C28H28FNO6. The van der Waals surface area contributed by atoms with Gasteiger partial charge >= 0.3 is 5.97 Å². The number of carbonyl (C=O) groups excluding carboxylic acids is 3. The molecule has 4 rings (SSSR count). The summed E-state index contributed by atoms with van der Waals surface area (Å²) in [6.45, 7) is 9.17. The zero-order valence-corrected chi connectivity index (χ0v) is 20.9. The maximum absolute atomic E-state index is 14.9. The molecule has 0 unspecified atom stereocenters. The molecule has 36 heavy (non-hydrogen) atoms. The number of hydrogen-bond donors (Lipinski definition) is 0. The molecular weight excluding hydrogens is 465 g/mol. The van der Waals surface area contributed by atoms with E-state index in [2.05, 4.69) is 0 Å². The smallest absolute Gasteiger partial charge is 0.310 e. The van der Waals surface area contributed by atoms with Crippen LogP contribution >= 0.6 is 0 Å². The zero-order valence-electron chi connectivity index (χ0n) is 20.9. The van der Waals surface area contributed by atoms with Crippen molar-refractivity contribution in [1.82, 2.24) is 0 Å². The minimum absolute atomic E-state index is 0.0429. The second-order valence-corrected chi connectivity index (χ2v) is 8.99. The van der Waals surface area contributed by atoms with Gasteiger partial charge in [-0.25, -0.2) is 9.29 Å². The normalized spacial score (nSPS) is 13.1. The van der Waals surface area contributed by atoms with Crippen molar-refractivity contribution in [3.8, 4) is 11.5 Å². The van der Waals surface area contributed by atoms with Crippen LogP contribution in [-0.2, 0) is 16.0 Å². The van der Waals surface area contributed by atoms with Crippen LogP contribution in [0, 0.1) is 5.82 Å². The van der Waals surface area contributed by atoms with Crippen molar-refractivity contribution in [2.45, 2.75) is 53.2 Å². The van der Waals surface area contributed by atoms with Crippen molar-refractivity contribution in [1.29, 1.82) is 0 Å². The first-order valence-corrected chi connectivity index (χ1v) is 11.9. The summed E-state index contributed by atoms with van der Waals surface area (Å²) < 4.78 is 31.9. The summed E-state index contributed by atoms with van der Waals surface area (Å²) in [7, 11) is 0. The Hall–Kier alpha value is -3.94. The Morgan fingerprint density at radius 3 is 1.86 bits per heavy atom. The van der Waals surface area contributed by atoms with Gasteiger partial charge in [-0.2, -0.15) is 0 Å². The predicted molar refractivity (Wildman–Crippen MR) is 133 cm³/mol. The summed E-state index contributed by atoms with van der Waals surface area (Å²) in [6.07, 6.45) is -0.802. The largest absolute Gasteiger partial charge is 0.489 e. The molecule has 0 aromatic heterocycles. The number of esters is 1. The highest BCUT2D eigenvalue weighted by atomic mass is 19.1. The molecule has 7 nitrogen and oxygen atoms in total. The average Bonchev–Trinajstić information content (AvgIpc) is 3.07. The van der Waals surface area contributed by atoms with E-state index in [0.717, 1.165) is 11.0 Å². The first kappa shape index (κ1) is 25.2. The number of imide groups is 1. The molecule has 0 saturated heterocycles. The lowest BCUT2D eigenvalue weighted by Crippen LogP contribution is -2.29. The number of nitrogens with zero attached hydrogens (tertiary/aromatic N) is 1. The molecule has 0 aliphatic carbocycles. The Kier molecular flexibility index (Phi) is 6.97. The van der Waals surface area contributed by atoms with E-state index in [-0.39, 0.29) is 59.1 Å². The standard InChI is InChI=1S/C28H28FNO6/c1-6-34-22(31)13-17-11-12-18(14-21(17)29)30-27(32)23-24(28(30)33)26(36-16(4)5)20-10-8-7-9-19(20)25(23)35-15(2)3/h7-12,14-16H,6,13H2,1-5H3. The van der Waals surface area contributed by atoms with Gasteiger partial charge in [0.2, 0.25) is 0 Å². The van der Waals surface area contributed by atoms with Gasteiger partial charge in [-0.3, -0.25) is 14.4 Å². The fraction of sp³-hybridized carbons (Fsp3) is 0.321. The van der Waals surface area contributed by atoms with Crippen LogP contribution in [0.3, 0.4) is 0 Å². The van der Waals surface area contributed by atoms with E-state index in [9.17, 15) is 18.8 Å². The maximum Gasteiger partial charge on any atom is 0.310 e. The maximum atomic E-state index is 14.9. The second kappa shape index (κ2) is 9.97. The van der Waals surface area contributed by atoms with Gasteiger partial charge < -0.3 is 14.2 Å². The molecule has 0 bridgehead atoms. The molecule has 0 saturated carbocycles. The summed E-state index contributed by atoms with van der Waals surface area (Å²) in [5.41, 5.74) is 0.312. The molecule has 1 heterocycles. The summed E-state index contributed by atoms with van der Waals surface area (Å²) >= 11 is 0. The minimum Gasteiger partial charge on any atom is -0.489 e. The lowest BCUT2D eigenvalue weighted by Gasteiger charge is -2.20. The van der Waals surface area contributed by atoms with Crippen molar-refractivity contribution >= 4 is 34.2 Å². The van der Waals surface area contributed by atoms with Crippen molar-refractivity contribution in [3.05, 3.63) is 65.0 Å². The molecule has 0 atom stereocenters. The fourth-order valence-corrected chi connectivity index (χ4v) is 4.24. The molecule has 188 valence electrons.